The van der Waals surface area contributed by atoms with Crippen molar-refractivity contribution in [2.24, 2.45) is 0 Å². The van der Waals surface area contributed by atoms with Crippen LogP contribution in [0.1, 0.15) is 121 Å². The molecule has 362 valence electrons. The number of amides is 7. The molecule has 1 aromatic heterocycles. The van der Waals surface area contributed by atoms with Gasteiger partial charge < -0.3 is 35.4 Å². The van der Waals surface area contributed by atoms with Gasteiger partial charge in [0.1, 0.15) is 23.3 Å². The van der Waals surface area contributed by atoms with Gasteiger partial charge in [0.05, 0.1) is 47.9 Å². The molecule has 1 aliphatic carbocycles. The monoisotopic (exact) mass is 944 g/mol. The number of hydrogen-bond donors (Lipinski definition) is 4. The van der Waals surface area contributed by atoms with Gasteiger partial charge in [0.2, 0.25) is 23.7 Å². The second-order valence-corrected chi connectivity index (χ2v) is 18.0. The van der Waals surface area contributed by atoms with Crippen LogP contribution < -0.4 is 35.8 Å². The van der Waals surface area contributed by atoms with Crippen molar-refractivity contribution in [1.82, 2.24) is 30.4 Å². The van der Waals surface area contributed by atoms with Gasteiger partial charge in [-0.05, 0) is 69.7 Å². The lowest BCUT2D eigenvalue weighted by molar-refractivity contribution is -0.140. The number of hydrogen-bond acceptors (Lipinski definition) is 13. The average Bonchev–Trinajstić information content (AvgIpc) is 3.93. The molecule has 0 spiro atoms. The van der Waals surface area contributed by atoms with Gasteiger partial charge in [-0.25, -0.2) is 9.37 Å². The number of aromatic nitrogens is 2. The summed E-state index contributed by atoms with van der Waals surface area (Å²) in [4.78, 5) is 104. The summed E-state index contributed by atoms with van der Waals surface area (Å²) in [5.74, 6) is -8.91. The van der Waals surface area contributed by atoms with E-state index in [1.807, 2.05) is 0 Å². The van der Waals surface area contributed by atoms with Crippen molar-refractivity contribution < 1.29 is 51.5 Å². The number of nitrogens with zero attached hydrogens (tertiary/aromatic N) is 6. The van der Waals surface area contributed by atoms with E-state index in [4.69, 9.17) is 4.74 Å². The number of benzene rings is 2. The number of piperidine rings is 2. The van der Waals surface area contributed by atoms with E-state index in [9.17, 15) is 33.6 Å². The zero-order chi connectivity index (χ0) is 48.3. The molecule has 8 rings (SSSR count). The van der Waals surface area contributed by atoms with Gasteiger partial charge >= 0.3 is 5.92 Å². The van der Waals surface area contributed by atoms with Crippen molar-refractivity contribution in [2.75, 3.05) is 60.8 Å². The Morgan fingerprint density at radius 1 is 0.926 bits per heavy atom. The number of halogens is 3. The van der Waals surface area contributed by atoms with Crippen LogP contribution in [0.3, 0.4) is 0 Å². The quantitative estimate of drug-likeness (QED) is 0.106. The second-order valence-electron chi connectivity index (χ2n) is 18.0. The fraction of sp³-hybridized carbons (Fsp3) is 0.511. The van der Waals surface area contributed by atoms with Crippen molar-refractivity contribution in [1.29, 1.82) is 0 Å². The summed E-state index contributed by atoms with van der Waals surface area (Å²) in [5.41, 5.74) is 0.373. The number of methoxy groups -OCH3 is 1. The molecular weight excluding hydrogens is 890 g/mol. The number of anilines is 5. The molecular formula is C47H55F3N10O8. The molecule has 1 atom stereocenters. The predicted octanol–water partition coefficient (Wildman–Crippen LogP) is 5.30. The van der Waals surface area contributed by atoms with Crippen LogP contribution in [0, 0.1) is 5.82 Å². The number of alkyl halides is 2. The molecule has 4 aliphatic heterocycles. The lowest BCUT2D eigenvalue weighted by Crippen LogP contribution is -2.54. The van der Waals surface area contributed by atoms with Crippen LogP contribution in [0.2, 0.25) is 0 Å². The summed E-state index contributed by atoms with van der Waals surface area (Å²) in [7, 11) is 2.63. The molecule has 5 heterocycles. The first-order valence-corrected chi connectivity index (χ1v) is 23.3. The lowest BCUT2D eigenvalue weighted by Gasteiger charge is -2.32. The minimum absolute atomic E-state index is 0.00845. The van der Waals surface area contributed by atoms with Gasteiger partial charge in [-0.2, -0.15) is 13.8 Å². The van der Waals surface area contributed by atoms with E-state index in [1.54, 1.807) is 12.1 Å². The van der Waals surface area contributed by atoms with E-state index in [0.717, 1.165) is 74.0 Å². The minimum atomic E-state index is -3.64. The molecule has 3 fully saturated rings. The van der Waals surface area contributed by atoms with E-state index in [1.165, 1.54) is 37.4 Å². The maximum absolute atomic E-state index is 15.6. The molecule has 68 heavy (non-hydrogen) atoms. The molecule has 0 bridgehead atoms. The molecule has 5 aliphatic rings. The largest absolute Gasteiger partial charge is 0.495 e. The molecule has 4 N–H and O–H groups in total. The van der Waals surface area contributed by atoms with Crippen LogP contribution in [-0.2, 0) is 19.2 Å². The van der Waals surface area contributed by atoms with Crippen LogP contribution in [0.15, 0.2) is 36.5 Å². The van der Waals surface area contributed by atoms with Crippen molar-refractivity contribution in [3.05, 3.63) is 59.0 Å². The Bertz CT molecular complexity index is 2500. The molecule has 3 aromatic rings. The maximum Gasteiger partial charge on any atom is 0.342 e. The third-order valence-electron chi connectivity index (χ3n) is 13.5. The molecule has 0 radical (unpaired) electrons. The maximum atomic E-state index is 15.6. The van der Waals surface area contributed by atoms with E-state index in [2.05, 4.69) is 36.1 Å². The third-order valence-corrected chi connectivity index (χ3v) is 13.5. The Morgan fingerprint density at radius 3 is 2.40 bits per heavy atom. The summed E-state index contributed by atoms with van der Waals surface area (Å²) in [5, 5.41) is 10.8. The van der Waals surface area contributed by atoms with Gasteiger partial charge in [0, 0.05) is 51.1 Å². The zero-order valence-electron chi connectivity index (χ0n) is 38.0. The number of fused-ring (bicyclic) bond motifs is 2. The Balaban J connectivity index is 0.757. The molecule has 7 amide bonds. The van der Waals surface area contributed by atoms with Gasteiger partial charge in [-0.1, -0.05) is 38.2 Å². The molecule has 2 saturated heterocycles. The second kappa shape index (κ2) is 20.3. The summed E-state index contributed by atoms with van der Waals surface area (Å²) in [6, 6.07) is 5.47. The van der Waals surface area contributed by atoms with E-state index in [-0.39, 0.29) is 88.5 Å². The molecule has 1 saturated carbocycles. The first kappa shape index (κ1) is 47.8. The fourth-order valence-corrected chi connectivity index (χ4v) is 9.77. The highest BCUT2D eigenvalue weighted by Crippen LogP contribution is 2.40. The van der Waals surface area contributed by atoms with Crippen LogP contribution in [0.4, 0.5) is 42.0 Å². The van der Waals surface area contributed by atoms with Gasteiger partial charge in [0.15, 0.2) is 5.82 Å². The summed E-state index contributed by atoms with van der Waals surface area (Å²) < 4.78 is 51.2. The number of carbonyl (C=O) groups is 7. The summed E-state index contributed by atoms with van der Waals surface area (Å²) >= 11 is 0. The third kappa shape index (κ3) is 10.1. The molecule has 1 unspecified atom stereocenters. The highest BCUT2D eigenvalue weighted by atomic mass is 19.3. The molecule has 2 aromatic carbocycles. The smallest absolute Gasteiger partial charge is 0.342 e. The Morgan fingerprint density at radius 2 is 1.66 bits per heavy atom. The fourth-order valence-electron chi connectivity index (χ4n) is 9.77. The van der Waals surface area contributed by atoms with Crippen molar-refractivity contribution in [3.63, 3.8) is 0 Å². The number of rotatable bonds is 16. The van der Waals surface area contributed by atoms with Crippen molar-refractivity contribution in [2.45, 2.75) is 114 Å². The number of ether oxygens (including phenoxy) is 1. The Hall–Kier alpha value is -6.64. The predicted molar refractivity (Wildman–Crippen MR) is 243 cm³/mol. The first-order chi connectivity index (χ1) is 32.6. The van der Waals surface area contributed by atoms with Gasteiger partial charge in [0.25, 0.3) is 23.6 Å². The topological polar surface area (TPSA) is 216 Å². The van der Waals surface area contributed by atoms with Crippen molar-refractivity contribution in [3.8, 4) is 5.75 Å². The van der Waals surface area contributed by atoms with Crippen LogP contribution in [0.5, 0.6) is 5.75 Å². The average molecular weight is 945 g/mol. The Kier molecular flexibility index (Phi) is 14.3. The van der Waals surface area contributed by atoms with E-state index in [0.29, 0.717) is 32.1 Å². The number of carbonyl (C=O) groups excluding carboxylic acids is 7. The number of likely N-dealkylation sites (tertiary alicyclic amines) is 1. The first-order valence-electron chi connectivity index (χ1n) is 23.3. The number of nitrogens with one attached hydrogen (secondary N) is 4. The van der Waals surface area contributed by atoms with Crippen LogP contribution in [0.25, 0.3) is 0 Å². The highest BCUT2D eigenvalue weighted by molar-refractivity contribution is 6.26. The van der Waals surface area contributed by atoms with E-state index < -0.39 is 59.8 Å². The summed E-state index contributed by atoms with van der Waals surface area (Å²) in [6.45, 7) is 1.55. The molecule has 21 heteroatoms. The zero-order valence-corrected chi connectivity index (χ0v) is 38.0. The SMILES string of the molecule is COc1cc(C(=O)NC2CCN(CCCCCCCC(=O)Nc3cccc4c3C(=O)N(C3CCC(=O)NC3=O)C4=O)CC2)c(F)cc1Nc1ncc2c(n1)N(C1CCCC1)CC(F)(F)C(=O)N2C. The van der Waals surface area contributed by atoms with Crippen LogP contribution >= 0.6 is 0 Å². The highest BCUT2D eigenvalue weighted by Gasteiger charge is 2.49. The summed E-state index contributed by atoms with van der Waals surface area (Å²) in [6.07, 6.45) is 10.3. The van der Waals surface area contributed by atoms with Crippen LogP contribution in [-0.4, -0.2) is 126 Å². The van der Waals surface area contributed by atoms with Gasteiger partial charge in [-0.15, -0.1) is 0 Å². The lowest BCUT2D eigenvalue weighted by atomic mass is 10.0. The minimum Gasteiger partial charge on any atom is -0.495 e. The standard InChI is InChI=1S/C47H55F3N10O8/c1-57-35-25-51-46(56-40(35)59(28-11-7-8-12-28)26-47(49,50)45(57)67)54-33-24-31(48)30(23-36(33)68-2)41(63)52-27-18-21-58(22-19-27)20-9-5-3-4-6-15-37(61)53-32-14-10-13-29-39(32)44(66)60(43(29)65)34-16-17-38(62)55-42(34)64/h10,13-14,23-25,27-28,34H,3-9,11-12,15-22,26H2,1-2H3,(H,52,63)(H,53,61)(H,51,54,56)(H,55,62,64). The molecule has 18 nitrogen and oxygen atoms in total. The normalized spacial score (nSPS) is 20.0. The number of imide groups is 2. The Labute approximate surface area is 390 Å². The van der Waals surface area contributed by atoms with E-state index >= 15 is 13.2 Å². The van der Waals surface area contributed by atoms with Gasteiger partial charge in [-0.3, -0.25) is 43.8 Å². The van der Waals surface area contributed by atoms with Crippen molar-refractivity contribution >= 4 is 70.2 Å². The number of unbranched alkanes of at least 4 members (excludes halogenated alkanes) is 4.